The van der Waals surface area contributed by atoms with Crippen LogP contribution < -0.4 is 10.6 Å². The zero-order valence-electron chi connectivity index (χ0n) is 16.0. The molecule has 0 radical (unpaired) electrons. The first-order valence-corrected chi connectivity index (χ1v) is 9.37. The molecule has 1 aromatic heterocycles. The fourth-order valence-electron chi connectivity index (χ4n) is 3.44. The molecule has 154 valence electrons. The van der Waals surface area contributed by atoms with Gasteiger partial charge in [-0.1, -0.05) is 37.3 Å². The Morgan fingerprint density at radius 2 is 2.00 bits per heavy atom. The SMILES string of the molecule is C[C@H]1C[C@H](NC(=O)c2nnc(Cc3ccccc3)o2)C(=O)Nc2c(F)cc(F)cc21. The lowest BCUT2D eigenvalue weighted by Crippen LogP contribution is -2.43. The number of fused-ring (bicyclic) bond motifs is 1. The van der Waals surface area contributed by atoms with Crippen molar-refractivity contribution in [2.24, 2.45) is 0 Å². The Hall–Kier alpha value is -3.62. The number of benzene rings is 2. The van der Waals surface area contributed by atoms with Crippen LogP contribution in [0.15, 0.2) is 46.9 Å². The first-order valence-electron chi connectivity index (χ1n) is 9.37. The molecular formula is C21H18F2N4O3. The molecule has 1 aliphatic heterocycles. The van der Waals surface area contributed by atoms with Crippen molar-refractivity contribution < 1.29 is 22.8 Å². The van der Waals surface area contributed by atoms with E-state index in [0.29, 0.717) is 18.1 Å². The van der Waals surface area contributed by atoms with Crippen LogP contribution in [-0.4, -0.2) is 28.1 Å². The number of rotatable bonds is 4. The molecule has 2 amide bonds. The third kappa shape index (κ3) is 4.05. The van der Waals surface area contributed by atoms with Crippen molar-refractivity contribution in [3.8, 4) is 0 Å². The van der Waals surface area contributed by atoms with Crippen LogP contribution in [0.4, 0.5) is 14.5 Å². The highest BCUT2D eigenvalue weighted by atomic mass is 19.1. The van der Waals surface area contributed by atoms with E-state index in [1.807, 2.05) is 30.3 Å². The number of carbonyl (C=O) groups excluding carboxylic acids is 2. The Balaban J connectivity index is 1.47. The number of anilines is 1. The van der Waals surface area contributed by atoms with Crippen molar-refractivity contribution in [3.05, 3.63) is 77.0 Å². The van der Waals surface area contributed by atoms with E-state index in [1.165, 1.54) is 6.07 Å². The Labute approximate surface area is 170 Å². The number of hydrogen-bond acceptors (Lipinski definition) is 5. The van der Waals surface area contributed by atoms with E-state index in [4.69, 9.17) is 4.42 Å². The normalized spacial score (nSPS) is 18.3. The number of hydrogen-bond donors (Lipinski definition) is 2. The predicted octanol–water partition coefficient (Wildman–Crippen LogP) is 3.18. The molecule has 1 aliphatic rings. The van der Waals surface area contributed by atoms with Gasteiger partial charge in [0.15, 0.2) is 0 Å². The minimum absolute atomic E-state index is 0.0754. The van der Waals surface area contributed by atoms with E-state index >= 15 is 0 Å². The van der Waals surface area contributed by atoms with Gasteiger partial charge in [0.05, 0.1) is 12.1 Å². The third-order valence-corrected chi connectivity index (χ3v) is 4.93. The smallest absolute Gasteiger partial charge is 0.309 e. The fourth-order valence-corrected chi connectivity index (χ4v) is 3.44. The maximum absolute atomic E-state index is 14.1. The summed E-state index contributed by atoms with van der Waals surface area (Å²) < 4.78 is 33.1. The summed E-state index contributed by atoms with van der Waals surface area (Å²) in [6.07, 6.45) is 0.515. The standard InChI is InChI=1S/C21H18F2N4O3/c1-11-7-16(19(28)25-18-14(11)9-13(22)10-15(18)23)24-20(29)21-27-26-17(30-21)8-12-5-3-2-4-6-12/h2-6,9-11,16H,7-8H2,1H3,(H,24,29)(H,25,28)/t11-,16-/m0/s1. The van der Waals surface area contributed by atoms with Gasteiger partial charge in [-0.25, -0.2) is 8.78 Å². The van der Waals surface area contributed by atoms with Crippen LogP contribution >= 0.6 is 0 Å². The first kappa shape index (κ1) is 19.7. The van der Waals surface area contributed by atoms with Crippen molar-refractivity contribution >= 4 is 17.5 Å². The maximum Gasteiger partial charge on any atom is 0.309 e. The molecule has 30 heavy (non-hydrogen) atoms. The summed E-state index contributed by atoms with van der Waals surface area (Å²) in [6.45, 7) is 1.72. The van der Waals surface area contributed by atoms with Gasteiger partial charge in [0.2, 0.25) is 11.8 Å². The molecule has 0 bridgehead atoms. The van der Waals surface area contributed by atoms with Gasteiger partial charge in [-0.15, -0.1) is 10.2 Å². The summed E-state index contributed by atoms with van der Waals surface area (Å²) >= 11 is 0. The topological polar surface area (TPSA) is 97.1 Å². The van der Waals surface area contributed by atoms with E-state index in [0.717, 1.165) is 5.56 Å². The second-order valence-electron chi connectivity index (χ2n) is 7.17. The molecule has 4 rings (SSSR count). The van der Waals surface area contributed by atoms with Gasteiger partial charge in [0, 0.05) is 6.07 Å². The zero-order valence-corrected chi connectivity index (χ0v) is 16.0. The summed E-state index contributed by atoms with van der Waals surface area (Å²) in [4.78, 5) is 25.0. The summed E-state index contributed by atoms with van der Waals surface area (Å²) in [5.41, 5.74) is 1.20. The molecule has 3 aromatic rings. The van der Waals surface area contributed by atoms with Crippen LogP contribution in [-0.2, 0) is 11.2 Å². The Morgan fingerprint density at radius 3 is 2.77 bits per heavy atom. The molecule has 0 fully saturated rings. The maximum atomic E-state index is 14.1. The lowest BCUT2D eigenvalue weighted by Gasteiger charge is -2.16. The number of amides is 2. The average Bonchev–Trinajstić information content (AvgIpc) is 3.14. The van der Waals surface area contributed by atoms with Gasteiger partial charge in [-0.3, -0.25) is 9.59 Å². The lowest BCUT2D eigenvalue weighted by molar-refractivity contribution is -0.118. The lowest BCUT2D eigenvalue weighted by atomic mass is 9.94. The van der Waals surface area contributed by atoms with Gasteiger partial charge in [-0.05, 0) is 29.5 Å². The van der Waals surface area contributed by atoms with Crippen molar-refractivity contribution in [1.29, 1.82) is 0 Å². The van der Waals surface area contributed by atoms with Crippen molar-refractivity contribution in [1.82, 2.24) is 15.5 Å². The van der Waals surface area contributed by atoms with Crippen LogP contribution in [0.1, 0.15) is 47.0 Å². The molecule has 2 atom stereocenters. The molecule has 9 heteroatoms. The molecule has 0 saturated heterocycles. The average molecular weight is 412 g/mol. The van der Waals surface area contributed by atoms with Gasteiger partial charge < -0.3 is 15.1 Å². The van der Waals surface area contributed by atoms with Crippen LogP contribution in [0.5, 0.6) is 0 Å². The van der Waals surface area contributed by atoms with Gasteiger partial charge >= 0.3 is 11.8 Å². The molecule has 2 heterocycles. The molecule has 0 spiro atoms. The largest absolute Gasteiger partial charge is 0.417 e. The zero-order chi connectivity index (χ0) is 21.3. The molecule has 2 N–H and O–H groups in total. The van der Waals surface area contributed by atoms with Gasteiger partial charge in [-0.2, -0.15) is 0 Å². The second-order valence-corrected chi connectivity index (χ2v) is 7.17. The highest BCUT2D eigenvalue weighted by Gasteiger charge is 2.32. The second kappa shape index (κ2) is 8.02. The molecular weight excluding hydrogens is 394 g/mol. The van der Waals surface area contributed by atoms with Crippen LogP contribution in [0, 0.1) is 11.6 Å². The summed E-state index contributed by atoms with van der Waals surface area (Å²) in [5.74, 6) is -3.32. The summed E-state index contributed by atoms with van der Waals surface area (Å²) in [7, 11) is 0. The van der Waals surface area contributed by atoms with E-state index in [2.05, 4.69) is 20.8 Å². The number of carbonyl (C=O) groups is 2. The van der Waals surface area contributed by atoms with E-state index in [9.17, 15) is 18.4 Å². The van der Waals surface area contributed by atoms with Gasteiger partial charge in [0.25, 0.3) is 0 Å². The van der Waals surface area contributed by atoms with E-state index < -0.39 is 29.5 Å². The van der Waals surface area contributed by atoms with Crippen LogP contribution in [0.25, 0.3) is 0 Å². The number of nitrogens with zero attached hydrogens (tertiary/aromatic N) is 2. The Morgan fingerprint density at radius 1 is 1.23 bits per heavy atom. The van der Waals surface area contributed by atoms with Crippen molar-refractivity contribution in [3.63, 3.8) is 0 Å². The quantitative estimate of drug-likeness (QED) is 0.686. The molecule has 0 aliphatic carbocycles. The molecule has 2 aromatic carbocycles. The number of halogens is 2. The summed E-state index contributed by atoms with van der Waals surface area (Å²) in [6, 6.07) is 10.3. The highest BCUT2D eigenvalue weighted by Crippen LogP contribution is 2.34. The monoisotopic (exact) mass is 412 g/mol. The van der Waals surface area contributed by atoms with Gasteiger partial charge in [0.1, 0.15) is 17.7 Å². The van der Waals surface area contributed by atoms with Crippen molar-refractivity contribution in [2.75, 3.05) is 5.32 Å². The minimum atomic E-state index is -0.980. The summed E-state index contributed by atoms with van der Waals surface area (Å²) in [5, 5.41) is 12.6. The van der Waals surface area contributed by atoms with E-state index in [-0.39, 0.29) is 29.8 Å². The van der Waals surface area contributed by atoms with Crippen LogP contribution in [0.3, 0.4) is 0 Å². The number of aromatic nitrogens is 2. The third-order valence-electron chi connectivity index (χ3n) is 4.93. The molecule has 0 unspecified atom stereocenters. The molecule has 7 nitrogen and oxygen atoms in total. The molecule has 0 saturated carbocycles. The van der Waals surface area contributed by atoms with E-state index in [1.54, 1.807) is 6.92 Å². The number of nitrogens with one attached hydrogen (secondary N) is 2. The minimum Gasteiger partial charge on any atom is -0.417 e. The van der Waals surface area contributed by atoms with Crippen molar-refractivity contribution in [2.45, 2.75) is 31.7 Å². The first-order chi connectivity index (χ1) is 14.4. The fraction of sp³-hybridized carbons (Fsp3) is 0.238. The Kier molecular flexibility index (Phi) is 5.26. The Bertz CT molecular complexity index is 1100. The van der Waals surface area contributed by atoms with Crippen LogP contribution in [0.2, 0.25) is 0 Å². The predicted molar refractivity (Wildman–Crippen MR) is 103 cm³/mol. The highest BCUT2D eigenvalue weighted by molar-refractivity contribution is 6.00.